The topological polar surface area (TPSA) is 75.6 Å². The molecule has 0 aromatic heterocycles. The van der Waals surface area contributed by atoms with Crippen LogP contribution in [0.15, 0.2) is 29.2 Å². The number of aliphatic hydroxyl groups excluding tert-OH is 1. The van der Waals surface area contributed by atoms with E-state index in [2.05, 4.69) is 4.72 Å². The van der Waals surface area contributed by atoms with Gasteiger partial charge < -0.3 is 9.84 Å². The fourth-order valence-corrected chi connectivity index (χ4v) is 3.61. The second-order valence-electron chi connectivity index (χ2n) is 5.28. The number of benzene rings is 1. The zero-order valence-corrected chi connectivity index (χ0v) is 12.6. The third-order valence-electron chi connectivity index (χ3n) is 3.57. The summed E-state index contributed by atoms with van der Waals surface area (Å²) in [7, 11) is -3.53. The maximum Gasteiger partial charge on any atom is 0.240 e. The maximum atomic E-state index is 12.2. The molecule has 6 heteroatoms. The van der Waals surface area contributed by atoms with Crippen molar-refractivity contribution in [2.24, 2.45) is 0 Å². The van der Waals surface area contributed by atoms with E-state index in [0.29, 0.717) is 0 Å². The predicted molar refractivity (Wildman–Crippen MR) is 75.9 cm³/mol. The Morgan fingerprint density at radius 3 is 2.55 bits per heavy atom. The van der Waals surface area contributed by atoms with Crippen molar-refractivity contribution >= 4 is 10.0 Å². The summed E-state index contributed by atoms with van der Waals surface area (Å²) in [6.45, 7) is 3.68. The lowest BCUT2D eigenvalue weighted by molar-refractivity contribution is 0.00143. The van der Waals surface area contributed by atoms with Crippen LogP contribution in [0.1, 0.15) is 25.3 Å². The van der Waals surface area contributed by atoms with E-state index in [0.717, 1.165) is 18.4 Å². The van der Waals surface area contributed by atoms with Crippen LogP contribution in [-0.4, -0.2) is 38.4 Å². The quantitative estimate of drug-likeness (QED) is 0.856. The van der Waals surface area contributed by atoms with Gasteiger partial charge in [-0.25, -0.2) is 13.1 Å². The molecular weight excluding hydrogens is 278 g/mol. The van der Waals surface area contributed by atoms with Crippen molar-refractivity contribution in [1.82, 2.24) is 4.72 Å². The van der Waals surface area contributed by atoms with Gasteiger partial charge in [0.05, 0.1) is 23.7 Å². The Labute approximate surface area is 120 Å². The van der Waals surface area contributed by atoms with Crippen LogP contribution in [-0.2, 0) is 14.8 Å². The Balaban J connectivity index is 2.03. The number of rotatable bonds is 5. The lowest BCUT2D eigenvalue weighted by Crippen LogP contribution is -2.41. The largest absolute Gasteiger partial charge is 0.394 e. The Morgan fingerprint density at radius 1 is 1.35 bits per heavy atom. The Hall–Kier alpha value is -0.950. The van der Waals surface area contributed by atoms with Gasteiger partial charge in [-0.3, -0.25) is 0 Å². The molecule has 2 N–H and O–H groups in total. The molecule has 2 rings (SSSR count). The van der Waals surface area contributed by atoms with Gasteiger partial charge in [0.1, 0.15) is 0 Å². The van der Waals surface area contributed by atoms with E-state index >= 15 is 0 Å². The molecule has 1 fully saturated rings. The number of aryl methyl sites for hydroxylation is 1. The first kappa shape index (κ1) is 15.4. The normalized spacial score (nSPS) is 24.8. The maximum absolute atomic E-state index is 12.2. The smallest absolute Gasteiger partial charge is 0.240 e. The highest BCUT2D eigenvalue weighted by Gasteiger charge is 2.31. The predicted octanol–water partition coefficient (Wildman–Crippen LogP) is 1.20. The van der Waals surface area contributed by atoms with E-state index in [9.17, 15) is 8.42 Å². The van der Waals surface area contributed by atoms with Crippen molar-refractivity contribution in [1.29, 1.82) is 0 Å². The van der Waals surface area contributed by atoms with Gasteiger partial charge in [0.15, 0.2) is 0 Å². The van der Waals surface area contributed by atoms with Crippen LogP contribution in [0, 0.1) is 6.92 Å². The molecule has 1 aliphatic heterocycles. The first-order valence-corrected chi connectivity index (χ1v) is 8.26. The number of aliphatic hydroxyl groups is 1. The van der Waals surface area contributed by atoms with Crippen molar-refractivity contribution in [2.75, 3.05) is 6.61 Å². The van der Waals surface area contributed by atoms with Crippen LogP contribution < -0.4 is 4.72 Å². The Bertz CT molecular complexity index is 541. The van der Waals surface area contributed by atoms with Gasteiger partial charge in [0.25, 0.3) is 0 Å². The SMILES string of the molecule is Cc1ccc(S(=O)(=O)N[C@@H](C)[C@@H]2CC[C@@H](CO)O2)cc1. The molecule has 5 nitrogen and oxygen atoms in total. The number of sulfonamides is 1. The summed E-state index contributed by atoms with van der Waals surface area (Å²) in [5.74, 6) is 0. The highest BCUT2D eigenvalue weighted by atomic mass is 32.2. The molecule has 1 aliphatic rings. The first-order valence-electron chi connectivity index (χ1n) is 6.77. The fraction of sp³-hybridized carbons (Fsp3) is 0.571. The molecule has 0 aliphatic carbocycles. The van der Waals surface area contributed by atoms with Crippen molar-refractivity contribution in [3.8, 4) is 0 Å². The number of hydrogen-bond acceptors (Lipinski definition) is 4. The standard InChI is InChI=1S/C14H21NO4S/c1-10-3-6-13(7-4-10)20(17,18)15-11(2)14-8-5-12(9-16)19-14/h3-4,6-7,11-12,14-16H,5,8-9H2,1-2H3/t11-,12-,14-/m0/s1. The van der Waals surface area contributed by atoms with Crippen LogP contribution in [0.4, 0.5) is 0 Å². The summed E-state index contributed by atoms with van der Waals surface area (Å²) in [4.78, 5) is 0.256. The highest BCUT2D eigenvalue weighted by molar-refractivity contribution is 7.89. The molecule has 0 bridgehead atoms. The van der Waals surface area contributed by atoms with E-state index in [1.54, 1.807) is 31.2 Å². The summed E-state index contributed by atoms with van der Waals surface area (Å²) >= 11 is 0. The lowest BCUT2D eigenvalue weighted by Gasteiger charge is -2.21. The number of hydrogen-bond donors (Lipinski definition) is 2. The average Bonchev–Trinajstić information content (AvgIpc) is 2.87. The molecule has 112 valence electrons. The number of nitrogens with one attached hydrogen (secondary N) is 1. The second kappa shape index (κ2) is 6.22. The van der Waals surface area contributed by atoms with Crippen molar-refractivity contribution in [2.45, 2.75) is 49.8 Å². The van der Waals surface area contributed by atoms with Crippen LogP contribution in [0.25, 0.3) is 0 Å². The molecule has 3 atom stereocenters. The van der Waals surface area contributed by atoms with Gasteiger partial charge in [-0.1, -0.05) is 17.7 Å². The van der Waals surface area contributed by atoms with Gasteiger partial charge in [-0.05, 0) is 38.8 Å². The van der Waals surface area contributed by atoms with Crippen molar-refractivity contribution in [3.05, 3.63) is 29.8 Å². The van der Waals surface area contributed by atoms with Crippen molar-refractivity contribution < 1.29 is 18.3 Å². The molecule has 0 spiro atoms. The molecule has 0 unspecified atom stereocenters. The van der Waals surface area contributed by atoms with Gasteiger partial charge >= 0.3 is 0 Å². The molecule has 1 aromatic rings. The zero-order chi connectivity index (χ0) is 14.8. The molecule has 1 aromatic carbocycles. The van der Waals surface area contributed by atoms with Crippen molar-refractivity contribution in [3.63, 3.8) is 0 Å². The van der Waals surface area contributed by atoms with Gasteiger partial charge in [-0.2, -0.15) is 0 Å². The van der Waals surface area contributed by atoms with E-state index < -0.39 is 10.0 Å². The van der Waals surface area contributed by atoms with E-state index in [1.165, 1.54) is 0 Å². The number of ether oxygens (including phenoxy) is 1. The van der Waals surface area contributed by atoms with Gasteiger partial charge in [-0.15, -0.1) is 0 Å². The van der Waals surface area contributed by atoms with E-state index in [-0.39, 0.29) is 29.8 Å². The van der Waals surface area contributed by atoms with Crippen LogP contribution >= 0.6 is 0 Å². The molecule has 20 heavy (non-hydrogen) atoms. The summed E-state index contributed by atoms with van der Waals surface area (Å²) in [6.07, 6.45) is 1.15. The zero-order valence-electron chi connectivity index (χ0n) is 11.7. The van der Waals surface area contributed by atoms with Crippen LogP contribution in [0.5, 0.6) is 0 Å². The summed E-state index contributed by atoms with van der Waals surface area (Å²) in [5, 5.41) is 9.04. The molecule has 1 saturated heterocycles. The summed E-state index contributed by atoms with van der Waals surface area (Å²) in [5.41, 5.74) is 1.02. The van der Waals surface area contributed by atoms with Crippen LogP contribution in [0.3, 0.4) is 0 Å². The first-order chi connectivity index (χ1) is 9.42. The Kier molecular flexibility index (Phi) is 4.80. The van der Waals surface area contributed by atoms with Gasteiger partial charge in [0.2, 0.25) is 10.0 Å². The van der Waals surface area contributed by atoms with Gasteiger partial charge in [0, 0.05) is 6.04 Å². The molecule has 1 heterocycles. The molecule has 0 radical (unpaired) electrons. The molecule has 0 saturated carbocycles. The van der Waals surface area contributed by atoms with Crippen LogP contribution in [0.2, 0.25) is 0 Å². The fourth-order valence-electron chi connectivity index (χ4n) is 2.34. The molecule has 0 amide bonds. The monoisotopic (exact) mass is 299 g/mol. The Morgan fingerprint density at radius 2 is 2.00 bits per heavy atom. The minimum atomic E-state index is -3.53. The van der Waals surface area contributed by atoms with E-state index in [1.807, 2.05) is 6.92 Å². The minimum Gasteiger partial charge on any atom is -0.394 e. The third kappa shape index (κ3) is 3.58. The van der Waals surface area contributed by atoms with E-state index in [4.69, 9.17) is 9.84 Å². The third-order valence-corrected chi connectivity index (χ3v) is 5.15. The lowest BCUT2D eigenvalue weighted by atomic mass is 10.1. The average molecular weight is 299 g/mol. The molecular formula is C14H21NO4S. The second-order valence-corrected chi connectivity index (χ2v) is 6.99. The minimum absolute atomic E-state index is 0.0199. The summed E-state index contributed by atoms with van der Waals surface area (Å²) in [6, 6.07) is 6.41. The highest BCUT2D eigenvalue weighted by Crippen LogP contribution is 2.23. The summed E-state index contributed by atoms with van der Waals surface area (Å²) < 4.78 is 32.7.